The monoisotopic (exact) mass is 490 g/mol. The highest BCUT2D eigenvalue weighted by molar-refractivity contribution is 6.42. The van der Waals surface area contributed by atoms with Crippen molar-refractivity contribution in [2.24, 2.45) is 0 Å². The van der Waals surface area contributed by atoms with E-state index in [9.17, 15) is 9.59 Å². The normalized spacial score (nSPS) is 12.0. The van der Waals surface area contributed by atoms with E-state index in [0.717, 1.165) is 24.0 Å². The van der Waals surface area contributed by atoms with E-state index in [4.69, 9.17) is 23.2 Å². The van der Waals surface area contributed by atoms with Gasteiger partial charge in [-0.1, -0.05) is 87.6 Å². The number of nitrogens with zero attached hydrogens (tertiary/aromatic N) is 1. The summed E-state index contributed by atoms with van der Waals surface area (Å²) in [5.41, 5.74) is 3.24. The van der Waals surface area contributed by atoms with E-state index < -0.39 is 6.04 Å². The second kappa shape index (κ2) is 13.6. The molecule has 2 amide bonds. The number of benzene rings is 2. The molecule has 2 aromatic rings. The number of rotatable bonds is 12. The van der Waals surface area contributed by atoms with Crippen LogP contribution < -0.4 is 5.32 Å². The molecule has 0 heterocycles. The molecular formula is C27H36Cl2N2O2. The predicted octanol–water partition coefficient (Wildman–Crippen LogP) is 6.77. The third-order valence-electron chi connectivity index (χ3n) is 5.83. The van der Waals surface area contributed by atoms with Gasteiger partial charge in [-0.15, -0.1) is 0 Å². The standard InChI is InChI=1S/C27H36Cl2N2O2/c1-5-7-16-30-27(33)25(6-2)31(18-21-10-14-23(28)24(29)17-21)26(32)15-11-20-8-12-22(13-9-20)19(3)4/h8-10,12-14,17,19,25H,5-7,11,15-16,18H2,1-4H3,(H,30,33)/t25-/m0/s1. The van der Waals surface area contributed by atoms with E-state index in [1.165, 1.54) is 5.56 Å². The maximum absolute atomic E-state index is 13.4. The number of hydrogen-bond acceptors (Lipinski definition) is 2. The van der Waals surface area contributed by atoms with Crippen LogP contribution in [0.2, 0.25) is 10.0 Å². The van der Waals surface area contributed by atoms with Crippen molar-refractivity contribution in [1.82, 2.24) is 10.2 Å². The molecule has 180 valence electrons. The van der Waals surface area contributed by atoms with Gasteiger partial charge in [0, 0.05) is 19.5 Å². The molecule has 0 saturated carbocycles. The van der Waals surface area contributed by atoms with Crippen molar-refractivity contribution < 1.29 is 9.59 Å². The molecule has 0 aromatic heterocycles. The second-order valence-electron chi connectivity index (χ2n) is 8.74. The third kappa shape index (κ3) is 8.35. The zero-order valence-electron chi connectivity index (χ0n) is 20.2. The average Bonchev–Trinajstić information content (AvgIpc) is 2.80. The molecule has 0 saturated heterocycles. The van der Waals surface area contributed by atoms with Crippen LogP contribution in [0.5, 0.6) is 0 Å². The quantitative estimate of drug-likeness (QED) is 0.333. The first-order valence-electron chi connectivity index (χ1n) is 11.9. The van der Waals surface area contributed by atoms with Crippen LogP contribution in [0.25, 0.3) is 0 Å². The highest BCUT2D eigenvalue weighted by Crippen LogP contribution is 2.24. The summed E-state index contributed by atoms with van der Waals surface area (Å²) in [5.74, 6) is 0.311. The summed E-state index contributed by atoms with van der Waals surface area (Å²) in [4.78, 5) is 28.0. The van der Waals surface area contributed by atoms with Crippen LogP contribution in [0.15, 0.2) is 42.5 Å². The Kier molecular flexibility index (Phi) is 11.2. The van der Waals surface area contributed by atoms with Crippen molar-refractivity contribution in [1.29, 1.82) is 0 Å². The van der Waals surface area contributed by atoms with Gasteiger partial charge in [0.05, 0.1) is 10.0 Å². The zero-order chi connectivity index (χ0) is 24.4. The first-order valence-corrected chi connectivity index (χ1v) is 12.6. The van der Waals surface area contributed by atoms with Crippen LogP contribution in [0.1, 0.15) is 76.0 Å². The van der Waals surface area contributed by atoms with E-state index in [0.29, 0.717) is 48.3 Å². The molecule has 1 N–H and O–H groups in total. The number of hydrogen-bond donors (Lipinski definition) is 1. The first kappa shape index (κ1) is 27.2. The van der Waals surface area contributed by atoms with Crippen LogP contribution in [0.4, 0.5) is 0 Å². The SMILES string of the molecule is CCCCNC(=O)[C@H](CC)N(Cc1ccc(Cl)c(Cl)c1)C(=O)CCc1ccc(C(C)C)cc1. The topological polar surface area (TPSA) is 49.4 Å². The van der Waals surface area contributed by atoms with Gasteiger partial charge in [0.25, 0.3) is 0 Å². The molecule has 0 unspecified atom stereocenters. The Balaban J connectivity index is 2.18. The Bertz CT molecular complexity index is 913. The van der Waals surface area contributed by atoms with E-state index in [-0.39, 0.29) is 11.8 Å². The van der Waals surface area contributed by atoms with Crippen molar-refractivity contribution in [3.8, 4) is 0 Å². The van der Waals surface area contributed by atoms with Crippen molar-refractivity contribution in [3.05, 3.63) is 69.2 Å². The molecule has 2 aromatic carbocycles. The van der Waals surface area contributed by atoms with E-state index in [1.54, 1.807) is 17.0 Å². The molecule has 0 aliphatic rings. The smallest absolute Gasteiger partial charge is 0.242 e. The van der Waals surface area contributed by atoms with Crippen molar-refractivity contribution in [2.45, 2.75) is 78.3 Å². The average molecular weight is 492 g/mol. The van der Waals surface area contributed by atoms with Gasteiger partial charge < -0.3 is 10.2 Å². The number of carbonyl (C=O) groups is 2. The van der Waals surface area contributed by atoms with Crippen LogP contribution in [-0.4, -0.2) is 29.3 Å². The molecule has 4 nitrogen and oxygen atoms in total. The molecule has 1 atom stereocenters. The maximum atomic E-state index is 13.4. The molecule has 0 aliphatic heterocycles. The van der Waals surface area contributed by atoms with Gasteiger partial charge in [-0.3, -0.25) is 9.59 Å². The number of aryl methyl sites for hydroxylation is 1. The highest BCUT2D eigenvalue weighted by atomic mass is 35.5. The Morgan fingerprint density at radius 3 is 2.21 bits per heavy atom. The Hall–Kier alpha value is -2.04. The summed E-state index contributed by atoms with van der Waals surface area (Å²) >= 11 is 12.3. The van der Waals surface area contributed by atoms with Crippen molar-refractivity contribution >= 4 is 35.0 Å². The molecule has 6 heteroatoms. The Morgan fingerprint density at radius 2 is 1.64 bits per heavy atom. The largest absolute Gasteiger partial charge is 0.354 e. The molecule has 0 fully saturated rings. The highest BCUT2D eigenvalue weighted by Gasteiger charge is 2.28. The summed E-state index contributed by atoms with van der Waals surface area (Å²) in [6.45, 7) is 9.26. The van der Waals surface area contributed by atoms with Gasteiger partial charge in [0.1, 0.15) is 6.04 Å². The van der Waals surface area contributed by atoms with Gasteiger partial charge in [-0.2, -0.15) is 0 Å². The summed E-state index contributed by atoms with van der Waals surface area (Å²) in [7, 11) is 0. The minimum absolute atomic E-state index is 0.0495. The van der Waals surface area contributed by atoms with Gasteiger partial charge in [-0.25, -0.2) is 0 Å². The predicted molar refractivity (Wildman–Crippen MR) is 138 cm³/mol. The summed E-state index contributed by atoms with van der Waals surface area (Å²) < 4.78 is 0. The minimum atomic E-state index is -0.535. The lowest BCUT2D eigenvalue weighted by molar-refractivity contribution is -0.141. The number of unbranched alkanes of at least 4 members (excludes halogenated alkanes) is 1. The number of halogens is 2. The molecule has 0 bridgehead atoms. The third-order valence-corrected chi connectivity index (χ3v) is 6.57. The van der Waals surface area contributed by atoms with E-state index in [1.807, 2.05) is 13.0 Å². The lowest BCUT2D eigenvalue weighted by atomic mass is 10.00. The fourth-order valence-corrected chi connectivity index (χ4v) is 4.05. The van der Waals surface area contributed by atoms with Crippen LogP contribution in [-0.2, 0) is 22.6 Å². The number of carbonyl (C=O) groups excluding carboxylic acids is 2. The fraction of sp³-hybridized carbons (Fsp3) is 0.481. The lowest BCUT2D eigenvalue weighted by Crippen LogP contribution is -2.49. The maximum Gasteiger partial charge on any atom is 0.242 e. The van der Waals surface area contributed by atoms with Crippen molar-refractivity contribution in [2.75, 3.05) is 6.54 Å². The fourth-order valence-electron chi connectivity index (χ4n) is 3.72. The van der Waals surface area contributed by atoms with Crippen LogP contribution in [0, 0.1) is 0 Å². The lowest BCUT2D eigenvalue weighted by Gasteiger charge is -2.31. The number of amides is 2. The summed E-state index contributed by atoms with van der Waals surface area (Å²) in [5, 5.41) is 3.89. The van der Waals surface area contributed by atoms with E-state index in [2.05, 4.69) is 50.4 Å². The molecule has 0 spiro atoms. The van der Waals surface area contributed by atoms with Gasteiger partial charge in [0.2, 0.25) is 11.8 Å². The number of nitrogens with one attached hydrogen (secondary N) is 1. The molecule has 0 radical (unpaired) electrons. The van der Waals surface area contributed by atoms with E-state index >= 15 is 0 Å². The molecule has 33 heavy (non-hydrogen) atoms. The molecule has 2 rings (SSSR count). The van der Waals surface area contributed by atoms with Crippen LogP contribution in [0.3, 0.4) is 0 Å². The van der Waals surface area contributed by atoms with Gasteiger partial charge in [-0.05, 0) is 54.0 Å². The molecular weight excluding hydrogens is 455 g/mol. The Morgan fingerprint density at radius 1 is 0.970 bits per heavy atom. The van der Waals surface area contributed by atoms with Crippen LogP contribution >= 0.6 is 23.2 Å². The minimum Gasteiger partial charge on any atom is -0.354 e. The summed E-state index contributed by atoms with van der Waals surface area (Å²) in [6.07, 6.45) is 3.41. The van der Waals surface area contributed by atoms with Gasteiger partial charge in [0.15, 0.2) is 0 Å². The van der Waals surface area contributed by atoms with Gasteiger partial charge >= 0.3 is 0 Å². The zero-order valence-corrected chi connectivity index (χ0v) is 21.7. The molecule has 0 aliphatic carbocycles. The van der Waals surface area contributed by atoms with Crippen molar-refractivity contribution in [3.63, 3.8) is 0 Å². The second-order valence-corrected chi connectivity index (χ2v) is 9.55. The first-order chi connectivity index (χ1) is 15.8. The Labute approximate surface area is 208 Å². The summed E-state index contributed by atoms with van der Waals surface area (Å²) in [6, 6.07) is 13.2.